The van der Waals surface area contributed by atoms with Crippen LogP contribution in [0.2, 0.25) is 15.1 Å². The molecule has 0 atom stereocenters. The van der Waals surface area contributed by atoms with E-state index in [4.69, 9.17) is 44.6 Å². The van der Waals surface area contributed by atoms with Gasteiger partial charge in [0.1, 0.15) is 12.3 Å². The van der Waals surface area contributed by atoms with Crippen molar-refractivity contribution in [3.8, 4) is 5.75 Å². The van der Waals surface area contributed by atoms with Crippen LogP contribution in [-0.2, 0) is 6.61 Å². The largest absolute Gasteiger partial charge is 0.484 e. The lowest BCUT2D eigenvalue weighted by molar-refractivity contribution is 0.0690. The van der Waals surface area contributed by atoms with Crippen LogP contribution in [0.15, 0.2) is 30.3 Å². The molecule has 0 saturated carbocycles. The van der Waals surface area contributed by atoms with Gasteiger partial charge in [0, 0.05) is 5.02 Å². The molecule has 2 aromatic rings. The molecule has 7 heteroatoms. The fraction of sp³-hybridized carbons (Fsp3) is 0.0769. The molecule has 0 unspecified atom stereocenters. The van der Waals surface area contributed by atoms with Crippen LogP contribution in [0.25, 0.3) is 0 Å². The zero-order chi connectivity index (χ0) is 14.7. The third-order valence-electron chi connectivity index (χ3n) is 2.35. The number of hydrogen-bond donors (Lipinski definition) is 1. The Balaban J connectivity index is 2.17. The molecule has 0 fully saturated rings. The molecule has 0 radical (unpaired) electrons. The molecule has 0 aliphatic carbocycles. The van der Waals surface area contributed by atoms with E-state index in [0.29, 0.717) is 10.7 Å². The van der Waals surface area contributed by atoms with Gasteiger partial charge in [0.05, 0.1) is 15.7 Å². The quantitative estimate of drug-likeness (QED) is 0.906. The van der Waals surface area contributed by atoms with Gasteiger partial charge in [-0.3, -0.25) is 0 Å². The van der Waals surface area contributed by atoms with Crippen molar-refractivity contribution in [2.45, 2.75) is 6.61 Å². The van der Waals surface area contributed by atoms with Crippen LogP contribution in [0.4, 0.5) is 0 Å². The van der Waals surface area contributed by atoms with Gasteiger partial charge in [0.25, 0.3) is 0 Å². The molecular formula is C13H8Cl3NO3. The monoisotopic (exact) mass is 331 g/mol. The fourth-order valence-electron chi connectivity index (χ4n) is 1.49. The fourth-order valence-corrected chi connectivity index (χ4v) is 2.42. The number of ether oxygens (including phenoxy) is 1. The van der Waals surface area contributed by atoms with Crippen LogP contribution in [-0.4, -0.2) is 16.1 Å². The maximum atomic E-state index is 10.8. The molecular weight excluding hydrogens is 325 g/mol. The van der Waals surface area contributed by atoms with E-state index in [2.05, 4.69) is 4.98 Å². The number of halogens is 3. The van der Waals surface area contributed by atoms with E-state index in [-0.39, 0.29) is 28.1 Å². The highest BCUT2D eigenvalue weighted by Gasteiger charge is 2.11. The first-order valence-electron chi connectivity index (χ1n) is 5.44. The number of nitrogens with zero attached hydrogens (tertiary/aromatic N) is 1. The van der Waals surface area contributed by atoms with E-state index < -0.39 is 5.97 Å². The Labute approximate surface area is 129 Å². The number of aromatic nitrogens is 1. The van der Waals surface area contributed by atoms with Crippen LogP contribution >= 0.6 is 34.8 Å². The number of rotatable bonds is 4. The Kier molecular flexibility index (Phi) is 4.70. The summed E-state index contributed by atoms with van der Waals surface area (Å²) >= 11 is 17.7. The minimum Gasteiger partial charge on any atom is -0.484 e. The summed E-state index contributed by atoms with van der Waals surface area (Å²) in [5.74, 6) is -0.824. The summed E-state index contributed by atoms with van der Waals surface area (Å²) in [5.41, 5.74) is 0.395. The number of aromatic carboxylic acids is 1. The molecule has 20 heavy (non-hydrogen) atoms. The Hall–Kier alpha value is -1.49. The maximum absolute atomic E-state index is 10.8. The molecule has 1 aromatic carbocycles. The number of carboxylic acids is 1. The normalized spacial score (nSPS) is 10.3. The number of benzene rings is 1. The number of carbonyl (C=O) groups is 1. The van der Waals surface area contributed by atoms with E-state index in [1.807, 2.05) is 0 Å². The van der Waals surface area contributed by atoms with Crippen LogP contribution in [0.5, 0.6) is 5.75 Å². The average molecular weight is 333 g/mol. The smallest absolute Gasteiger partial charge is 0.354 e. The molecule has 2 rings (SSSR count). The Bertz CT molecular complexity index is 638. The molecule has 1 N–H and O–H groups in total. The molecule has 0 aliphatic heterocycles. The van der Waals surface area contributed by atoms with Crippen molar-refractivity contribution in [1.29, 1.82) is 0 Å². The van der Waals surface area contributed by atoms with Crippen molar-refractivity contribution >= 4 is 40.8 Å². The molecule has 0 aliphatic rings. The van der Waals surface area contributed by atoms with Crippen molar-refractivity contribution in [2.75, 3.05) is 0 Å². The SMILES string of the molecule is O=C(O)c1cccc(COc2c(Cl)cc(Cl)cc2Cl)n1. The molecule has 4 nitrogen and oxygen atoms in total. The van der Waals surface area contributed by atoms with Gasteiger partial charge in [-0.05, 0) is 24.3 Å². The summed E-state index contributed by atoms with van der Waals surface area (Å²) in [7, 11) is 0. The van der Waals surface area contributed by atoms with Crippen molar-refractivity contribution in [1.82, 2.24) is 4.98 Å². The number of pyridine rings is 1. The Morgan fingerprint density at radius 2 is 1.85 bits per heavy atom. The van der Waals surface area contributed by atoms with Crippen molar-refractivity contribution in [2.24, 2.45) is 0 Å². The minimum atomic E-state index is -1.10. The van der Waals surface area contributed by atoms with Crippen molar-refractivity contribution in [3.63, 3.8) is 0 Å². The molecule has 1 heterocycles. The van der Waals surface area contributed by atoms with E-state index in [1.54, 1.807) is 12.1 Å². The Morgan fingerprint density at radius 3 is 2.45 bits per heavy atom. The predicted octanol–water partition coefficient (Wildman–Crippen LogP) is 4.32. The minimum absolute atomic E-state index is 0.0438. The highest BCUT2D eigenvalue weighted by molar-refractivity contribution is 6.40. The summed E-state index contributed by atoms with van der Waals surface area (Å²) < 4.78 is 5.47. The third kappa shape index (κ3) is 3.54. The van der Waals surface area contributed by atoms with E-state index in [9.17, 15) is 4.79 Å². The predicted molar refractivity (Wildman–Crippen MR) is 77.0 cm³/mol. The van der Waals surface area contributed by atoms with E-state index in [1.165, 1.54) is 18.2 Å². The molecule has 1 aromatic heterocycles. The van der Waals surface area contributed by atoms with Crippen LogP contribution in [0.1, 0.15) is 16.2 Å². The first-order chi connectivity index (χ1) is 9.47. The van der Waals surface area contributed by atoms with Gasteiger partial charge in [-0.2, -0.15) is 0 Å². The van der Waals surface area contributed by atoms with Crippen LogP contribution in [0, 0.1) is 0 Å². The second-order valence-corrected chi connectivity index (χ2v) is 5.06. The second kappa shape index (κ2) is 6.31. The van der Waals surface area contributed by atoms with Crippen LogP contribution in [0.3, 0.4) is 0 Å². The van der Waals surface area contributed by atoms with Gasteiger partial charge in [-0.15, -0.1) is 0 Å². The maximum Gasteiger partial charge on any atom is 0.354 e. The topological polar surface area (TPSA) is 59.4 Å². The third-order valence-corrected chi connectivity index (χ3v) is 3.13. The second-order valence-electron chi connectivity index (χ2n) is 3.81. The summed E-state index contributed by atoms with van der Waals surface area (Å²) in [4.78, 5) is 14.7. The Morgan fingerprint density at radius 1 is 1.20 bits per heavy atom. The van der Waals surface area contributed by atoms with Crippen LogP contribution < -0.4 is 4.74 Å². The van der Waals surface area contributed by atoms with Gasteiger partial charge in [0.2, 0.25) is 0 Å². The van der Waals surface area contributed by atoms with Gasteiger partial charge in [-0.1, -0.05) is 40.9 Å². The van der Waals surface area contributed by atoms with E-state index in [0.717, 1.165) is 0 Å². The lowest BCUT2D eigenvalue weighted by Crippen LogP contribution is -2.05. The molecule has 0 saturated heterocycles. The average Bonchev–Trinajstić information content (AvgIpc) is 2.37. The highest BCUT2D eigenvalue weighted by Crippen LogP contribution is 2.36. The van der Waals surface area contributed by atoms with Crippen molar-refractivity contribution < 1.29 is 14.6 Å². The van der Waals surface area contributed by atoms with E-state index >= 15 is 0 Å². The summed E-state index contributed by atoms with van der Waals surface area (Å²) in [6, 6.07) is 7.63. The summed E-state index contributed by atoms with van der Waals surface area (Å²) in [6.45, 7) is 0.0438. The number of carboxylic acid groups (broad SMARTS) is 1. The highest BCUT2D eigenvalue weighted by atomic mass is 35.5. The summed E-state index contributed by atoms with van der Waals surface area (Å²) in [6.07, 6.45) is 0. The van der Waals surface area contributed by atoms with Gasteiger partial charge in [-0.25, -0.2) is 9.78 Å². The van der Waals surface area contributed by atoms with Gasteiger partial charge < -0.3 is 9.84 Å². The first kappa shape index (κ1) is 14.9. The van der Waals surface area contributed by atoms with Gasteiger partial charge >= 0.3 is 5.97 Å². The standard InChI is InChI=1S/C13H8Cl3NO3/c14-7-4-9(15)12(10(16)5-7)20-6-8-2-1-3-11(17-8)13(18)19/h1-5H,6H2,(H,18,19). The number of hydrogen-bond acceptors (Lipinski definition) is 3. The summed E-state index contributed by atoms with van der Waals surface area (Å²) in [5, 5.41) is 9.80. The van der Waals surface area contributed by atoms with Gasteiger partial charge in [0.15, 0.2) is 5.75 Å². The molecule has 104 valence electrons. The first-order valence-corrected chi connectivity index (χ1v) is 6.57. The zero-order valence-electron chi connectivity index (χ0n) is 9.94. The zero-order valence-corrected chi connectivity index (χ0v) is 12.2. The lowest BCUT2D eigenvalue weighted by atomic mass is 10.3. The van der Waals surface area contributed by atoms with Crippen molar-refractivity contribution in [3.05, 3.63) is 56.8 Å². The lowest BCUT2D eigenvalue weighted by Gasteiger charge is -2.10. The molecule has 0 spiro atoms. The molecule has 0 amide bonds. The molecule has 0 bridgehead atoms.